The number of carbonyl (C=O) groups is 1. The van der Waals surface area contributed by atoms with Gasteiger partial charge in [-0.05, 0) is 37.2 Å². The first-order chi connectivity index (χ1) is 12.0. The van der Waals surface area contributed by atoms with Gasteiger partial charge < -0.3 is 20.9 Å². The van der Waals surface area contributed by atoms with Gasteiger partial charge in [0.1, 0.15) is 5.65 Å². The van der Waals surface area contributed by atoms with Crippen LogP contribution in [0.3, 0.4) is 0 Å². The predicted octanol–water partition coefficient (Wildman–Crippen LogP) is 2.96. The van der Waals surface area contributed by atoms with Crippen LogP contribution in [0.1, 0.15) is 51.0 Å². The van der Waals surface area contributed by atoms with Crippen LogP contribution in [0.5, 0.6) is 0 Å². The first kappa shape index (κ1) is 16.4. The molecule has 2 aromatic rings. The molecule has 4 N–H and O–H groups in total. The van der Waals surface area contributed by atoms with Crippen LogP contribution < -0.4 is 16.0 Å². The normalized spacial score (nSPS) is 21.1. The van der Waals surface area contributed by atoms with Crippen molar-refractivity contribution in [2.24, 2.45) is 11.7 Å². The maximum Gasteiger partial charge on any atom is 0.227 e. The lowest BCUT2D eigenvalue weighted by Gasteiger charge is -2.35. The molecule has 0 aromatic carbocycles. The van der Waals surface area contributed by atoms with Gasteiger partial charge in [0.2, 0.25) is 5.91 Å². The van der Waals surface area contributed by atoms with Gasteiger partial charge in [-0.3, -0.25) is 4.79 Å². The third kappa shape index (κ3) is 3.11. The molecule has 3 heterocycles. The smallest absolute Gasteiger partial charge is 0.227 e. The molecule has 2 fully saturated rings. The van der Waals surface area contributed by atoms with E-state index in [1.54, 1.807) is 0 Å². The fourth-order valence-electron chi connectivity index (χ4n) is 3.75. The van der Waals surface area contributed by atoms with Gasteiger partial charge in [0.25, 0.3) is 0 Å². The molecule has 1 amide bonds. The number of pyridine rings is 1. The Morgan fingerprint density at radius 3 is 2.88 bits per heavy atom. The van der Waals surface area contributed by atoms with Crippen LogP contribution in [0.15, 0.2) is 12.4 Å². The van der Waals surface area contributed by atoms with Crippen molar-refractivity contribution in [1.29, 1.82) is 0 Å². The number of aromatic nitrogens is 2. The first-order valence-electron chi connectivity index (χ1n) is 9.36. The minimum Gasteiger partial charge on any atom is -0.369 e. The Kier molecular flexibility index (Phi) is 4.15. The summed E-state index contributed by atoms with van der Waals surface area (Å²) in [5.74, 6) is 0.655. The Morgan fingerprint density at radius 2 is 2.20 bits per heavy atom. The molecule has 2 aliphatic rings. The lowest BCUT2D eigenvalue weighted by atomic mass is 9.97. The average molecular weight is 341 g/mol. The van der Waals surface area contributed by atoms with Gasteiger partial charge in [0.05, 0.1) is 16.8 Å². The molecular formula is C19H27N5O. The highest BCUT2D eigenvalue weighted by atomic mass is 16.2. The maximum atomic E-state index is 12.3. The molecule has 1 aliphatic heterocycles. The number of aromatic amines is 1. The van der Waals surface area contributed by atoms with Crippen molar-refractivity contribution in [3.63, 3.8) is 0 Å². The first-order valence-corrected chi connectivity index (χ1v) is 9.36. The Bertz CT molecular complexity index is 792. The SMILES string of the molecule is CC(C)c1cnc2[nH]cc(NC(=O)C3CC3)c2c1N1CCC[C@@H](N)C1. The molecule has 6 heteroatoms. The molecule has 25 heavy (non-hydrogen) atoms. The average Bonchev–Trinajstić information content (AvgIpc) is 3.36. The van der Waals surface area contributed by atoms with Gasteiger partial charge in [-0.2, -0.15) is 0 Å². The Balaban J connectivity index is 1.81. The lowest BCUT2D eigenvalue weighted by molar-refractivity contribution is -0.117. The number of fused-ring (bicyclic) bond motifs is 1. The second kappa shape index (κ2) is 6.33. The van der Waals surface area contributed by atoms with Gasteiger partial charge in [-0.25, -0.2) is 4.98 Å². The van der Waals surface area contributed by atoms with Crippen molar-refractivity contribution in [2.45, 2.75) is 51.5 Å². The van der Waals surface area contributed by atoms with Crippen molar-refractivity contribution >= 4 is 28.3 Å². The largest absolute Gasteiger partial charge is 0.369 e. The Hall–Kier alpha value is -2.08. The summed E-state index contributed by atoms with van der Waals surface area (Å²) in [7, 11) is 0. The molecule has 0 bridgehead atoms. The molecule has 134 valence electrons. The second-order valence-corrected chi connectivity index (χ2v) is 7.75. The molecular weight excluding hydrogens is 314 g/mol. The minimum atomic E-state index is 0.122. The summed E-state index contributed by atoms with van der Waals surface area (Å²) in [5.41, 5.74) is 10.3. The fourth-order valence-corrected chi connectivity index (χ4v) is 3.75. The Labute approximate surface area is 148 Å². The number of amides is 1. The number of piperidine rings is 1. The fraction of sp³-hybridized carbons (Fsp3) is 0.579. The summed E-state index contributed by atoms with van der Waals surface area (Å²) in [6.45, 7) is 6.21. The summed E-state index contributed by atoms with van der Waals surface area (Å²) >= 11 is 0. The summed E-state index contributed by atoms with van der Waals surface area (Å²) in [5, 5.41) is 4.14. The number of nitrogens with two attached hydrogens (primary N) is 1. The van der Waals surface area contributed by atoms with E-state index in [1.165, 1.54) is 11.3 Å². The van der Waals surface area contributed by atoms with Crippen molar-refractivity contribution in [1.82, 2.24) is 9.97 Å². The van der Waals surface area contributed by atoms with Crippen LogP contribution in [0.2, 0.25) is 0 Å². The van der Waals surface area contributed by atoms with E-state index in [9.17, 15) is 4.79 Å². The van der Waals surface area contributed by atoms with E-state index in [-0.39, 0.29) is 17.9 Å². The summed E-state index contributed by atoms with van der Waals surface area (Å²) < 4.78 is 0. The quantitative estimate of drug-likeness (QED) is 0.798. The molecule has 1 aliphatic carbocycles. The van der Waals surface area contributed by atoms with Crippen molar-refractivity contribution in [3.8, 4) is 0 Å². The highest BCUT2D eigenvalue weighted by molar-refractivity contribution is 6.08. The van der Waals surface area contributed by atoms with E-state index in [2.05, 4.69) is 34.0 Å². The summed E-state index contributed by atoms with van der Waals surface area (Å²) in [6.07, 6.45) is 7.99. The zero-order chi connectivity index (χ0) is 17.6. The molecule has 0 unspecified atom stereocenters. The van der Waals surface area contributed by atoms with E-state index >= 15 is 0 Å². The monoisotopic (exact) mass is 341 g/mol. The van der Waals surface area contributed by atoms with Crippen LogP contribution in [-0.4, -0.2) is 35.0 Å². The number of nitrogens with one attached hydrogen (secondary N) is 2. The second-order valence-electron chi connectivity index (χ2n) is 7.75. The Morgan fingerprint density at radius 1 is 1.40 bits per heavy atom. The number of nitrogens with zero attached hydrogens (tertiary/aromatic N) is 2. The van der Waals surface area contributed by atoms with Crippen molar-refractivity contribution in [2.75, 3.05) is 23.3 Å². The van der Waals surface area contributed by atoms with Gasteiger partial charge >= 0.3 is 0 Å². The minimum absolute atomic E-state index is 0.122. The molecule has 1 saturated heterocycles. The zero-order valence-electron chi connectivity index (χ0n) is 15.0. The third-order valence-corrected chi connectivity index (χ3v) is 5.30. The number of hydrogen-bond acceptors (Lipinski definition) is 4. The summed E-state index contributed by atoms with van der Waals surface area (Å²) in [6, 6.07) is 0.195. The van der Waals surface area contributed by atoms with Crippen LogP contribution in [0.25, 0.3) is 11.0 Å². The number of carbonyl (C=O) groups excluding carboxylic acids is 1. The molecule has 1 saturated carbocycles. The maximum absolute atomic E-state index is 12.3. The van der Waals surface area contributed by atoms with Crippen molar-refractivity contribution < 1.29 is 4.79 Å². The number of rotatable bonds is 4. The van der Waals surface area contributed by atoms with Crippen LogP contribution >= 0.6 is 0 Å². The molecule has 6 nitrogen and oxygen atoms in total. The lowest BCUT2D eigenvalue weighted by Crippen LogP contribution is -2.43. The standard InChI is InChI=1S/C19H27N5O/c1-11(2)14-8-21-18-16(17(14)24-7-3-4-13(20)10-24)15(9-22-18)23-19(25)12-5-6-12/h8-9,11-13H,3-7,10,20H2,1-2H3,(H,21,22)(H,23,25)/t13-/m1/s1. The van der Waals surface area contributed by atoms with E-state index < -0.39 is 0 Å². The van der Waals surface area contributed by atoms with Gasteiger partial charge in [-0.15, -0.1) is 0 Å². The van der Waals surface area contributed by atoms with Crippen LogP contribution in [0, 0.1) is 5.92 Å². The van der Waals surface area contributed by atoms with E-state index in [4.69, 9.17) is 5.73 Å². The molecule has 0 spiro atoms. The molecule has 1 atom stereocenters. The van der Waals surface area contributed by atoms with Gasteiger partial charge in [0.15, 0.2) is 0 Å². The molecule has 2 aromatic heterocycles. The highest BCUT2D eigenvalue weighted by Crippen LogP contribution is 2.40. The van der Waals surface area contributed by atoms with Crippen LogP contribution in [-0.2, 0) is 4.79 Å². The van der Waals surface area contributed by atoms with Gasteiger partial charge in [0, 0.05) is 37.4 Å². The number of H-pyrrole nitrogens is 1. The van der Waals surface area contributed by atoms with E-state index in [0.29, 0.717) is 5.92 Å². The van der Waals surface area contributed by atoms with Gasteiger partial charge in [-0.1, -0.05) is 13.8 Å². The summed E-state index contributed by atoms with van der Waals surface area (Å²) in [4.78, 5) is 22.5. The van der Waals surface area contributed by atoms with Crippen molar-refractivity contribution in [3.05, 3.63) is 18.0 Å². The number of anilines is 2. The third-order valence-electron chi connectivity index (χ3n) is 5.30. The highest BCUT2D eigenvalue weighted by Gasteiger charge is 2.31. The number of hydrogen-bond donors (Lipinski definition) is 3. The topological polar surface area (TPSA) is 87.0 Å². The molecule has 0 radical (unpaired) electrons. The van der Waals surface area contributed by atoms with E-state index in [1.807, 2.05) is 12.4 Å². The van der Waals surface area contributed by atoms with E-state index in [0.717, 1.165) is 55.5 Å². The zero-order valence-corrected chi connectivity index (χ0v) is 15.0. The predicted molar refractivity (Wildman–Crippen MR) is 101 cm³/mol. The molecule has 4 rings (SSSR count). The van der Waals surface area contributed by atoms with Crippen LogP contribution in [0.4, 0.5) is 11.4 Å².